The molecule has 4 heteroatoms. The van der Waals surface area contributed by atoms with Crippen molar-refractivity contribution in [1.82, 2.24) is 0 Å². The summed E-state index contributed by atoms with van der Waals surface area (Å²) in [5.74, 6) is -1.87. The minimum atomic E-state index is -0.674. The molecule has 0 aromatic heterocycles. The highest BCUT2D eigenvalue weighted by Crippen LogP contribution is 2.32. The second-order valence-electron chi connectivity index (χ2n) is 4.85. The summed E-state index contributed by atoms with van der Waals surface area (Å²) < 4.78 is 13.9. The van der Waals surface area contributed by atoms with Gasteiger partial charge in [-0.25, -0.2) is 4.39 Å². The third kappa shape index (κ3) is 1.90. The van der Waals surface area contributed by atoms with Crippen LogP contribution in [0.3, 0.4) is 0 Å². The molecule has 20 heavy (non-hydrogen) atoms. The summed E-state index contributed by atoms with van der Waals surface area (Å²) in [4.78, 5) is 25.1. The van der Waals surface area contributed by atoms with Gasteiger partial charge in [-0.2, -0.15) is 0 Å². The summed E-state index contributed by atoms with van der Waals surface area (Å²) in [5, 5.41) is 0. The molecule has 0 saturated heterocycles. The van der Waals surface area contributed by atoms with Crippen LogP contribution in [0.5, 0.6) is 0 Å². The molecule has 0 fully saturated rings. The van der Waals surface area contributed by atoms with Crippen LogP contribution in [0.15, 0.2) is 42.5 Å². The lowest BCUT2D eigenvalue weighted by molar-refractivity contribution is -0.114. The zero-order valence-electron chi connectivity index (χ0n) is 10.9. The normalized spacial score (nSPS) is 13.8. The van der Waals surface area contributed by atoms with E-state index in [1.807, 2.05) is 31.2 Å². The number of aryl methyl sites for hydroxylation is 1. The van der Waals surface area contributed by atoms with Gasteiger partial charge < -0.3 is 0 Å². The molecule has 0 aliphatic carbocycles. The number of hydrogen-bond donors (Lipinski definition) is 0. The SMILES string of the molecule is Cc1cccc(CN2C(=O)C(=O)c3cccc(F)c32)c1. The van der Waals surface area contributed by atoms with Crippen molar-refractivity contribution in [3.63, 3.8) is 0 Å². The van der Waals surface area contributed by atoms with E-state index < -0.39 is 17.5 Å². The van der Waals surface area contributed by atoms with Gasteiger partial charge in [0.1, 0.15) is 5.82 Å². The van der Waals surface area contributed by atoms with Crippen molar-refractivity contribution in [3.05, 3.63) is 65.0 Å². The van der Waals surface area contributed by atoms with E-state index in [1.165, 1.54) is 23.1 Å². The molecule has 1 aliphatic heterocycles. The predicted molar refractivity (Wildman–Crippen MR) is 73.1 cm³/mol. The van der Waals surface area contributed by atoms with Crippen LogP contribution in [0.4, 0.5) is 10.1 Å². The van der Waals surface area contributed by atoms with Gasteiger partial charge in [0.15, 0.2) is 0 Å². The van der Waals surface area contributed by atoms with Crippen LogP contribution >= 0.6 is 0 Å². The van der Waals surface area contributed by atoms with Crippen LogP contribution in [-0.4, -0.2) is 11.7 Å². The fourth-order valence-electron chi connectivity index (χ4n) is 2.46. The summed E-state index contributed by atoms with van der Waals surface area (Å²) in [6.45, 7) is 2.13. The molecule has 0 N–H and O–H groups in total. The van der Waals surface area contributed by atoms with Gasteiger partial charge in [0.25, 0.3) is 11.7 Å². The number of fused-ring (bicyclic) bond motifs is 1. The molecular weight excluding hydrogens is 257 g/mol. The number of rotatable bonds is 2. The van der Waals surface area contributed by atoms with E-state index in [9.17, 15) is 14.0 Å². The highest BCUT2D eigenvalue weighted by molar-refractivity contribution is 6.52. The summed E-state index contributed by atoms with van der Waals surface area (Å²) in [7, 11) is 0. The molecule has 1 amide bonds. The molecular formula is C16H12FNO2. The summed E-state index contributed by atoms with van der Waals surface area (Å²) in [6.07, 6.45) is 0. The molecule has 2 aromatic carbocycles. The number of halogens is 1. The van der Waals surface area contributed by atoms with Crippen molar-refractivity contribution in [1.29, 1.82) is 0 Å². The Labute approximate surface area is 115 Å². The number of amides is 1. The number of para-hydroxylation sites is 1. The van der Waals surface area contributed by atoms with Crippen LogP contribution in [-0.2, 0) is 11.3 Å². The number of carbonyl (C=O) groups excluding carboxylic acids is 2. The standard InChI is InChI=1S/C16H12FNO2/c1-10-4-2-5-11(8-10)9-18-14-12(15(19)16(18)20)6-3-7-13(14)17/h2-8H,9H2,1H3. The lowest BCUT2D eigenvalue weighted by Crippen LogP contribution is -2.29. The van der Waals surface area contributed by atoms with Gasteiger partial charge in [-0.3, -0.25) is 14.5 Å². The van der Waals surface area contributed by atoms with Crippen molar-refractivity contribution in [2.24, 2.45) is 0 Å². The van der Waals surface area contributed by atoms with E-state index in [-0.39, 0.29) is 17.8 Å². The van der Waals surface area contributed by atoms with E-state index in [2.05, 4.69) is 0 Å². The second kappa shape index (κ2) is 4.56. The number of nitrogens with zero attached hydrogens (tertiary/aromatic N) is 1. The maximum atomic E-state index is 13.9. The fraction of sp³-hybridized carbons (Fsp3) is 0.125. The van der Waals surface area contributed by atoms with Gasteiger partial charge >= 0.3 is 0 Å². The Morgan fingerprint density at radius 2 is 1.85 bits per heavy atom. The summed E-state index contributed by atoms with van der Waals surface area (Å²) in [5.41, 5.74) is 2.14. The fourth-order valence-corrected chi connectivity index (χ4v) is 2.46. The molecule has 0 saturated carbocycles. The average molecular weight is 269 g/mol. The quantitative estimate of drug-likeness (QED) is 0.786. The first kappa shape index (κ1) is 12.5. The third-order valence-corrected chi connectivity index (χ3v) is 3.36. The molecule has 100 valence electrons. The highest BCUT2D eigenvalue weighted by atomic mass is 19.1. The number of Topliss-reactive ketones (excluding diaryl/α,β-unsaturated/α-hetero) is 1. The van der Waals surface area contributed by atoms with E-state index in [1.54, 1.807) is 0 Å². The average Bonchev–Trinajstić information content (AvgIpc) is 2.66. The molecule has 2 aromatic rings. The van der Waals surface area contributed by atoms with Crippen molar-refractivity contribution in [3.8, 4) is 0 Å². The van der Waals surface area contributed by atoms with Crippen molar-refractivity contribution < 1.29 is 14.0 Å². The molecule has 0 unspecified atom stereocenters. The Morgan fingerprint density at radius 1 is 1.10 bits per heavy atom. The molecule has 0 bridgehead atoms. The molecule has 0 spiro atoms. The Kier molecular flexibility index (Phi) is 2.86. The largest absolute Gasteiger partial charge is 0.299 e. The topological polar surface area (TPSA) is 37.4 Å². The Bertz CT molecular complexity index is 724. The van der Waals surface area contributed by atoms with Gasteiger partial charge in [-0.15, -0.1) is 0 Å². The van der Waals surface area contributed by atoms with Crippen LogP contribution < -0.4 is 4.90 Å². The zero-order valence-corrected chi connectivity index (χ0v) is 10.9. The number of carbonyl (C=O) groups is 2. The predicted octanol–water partition coefficient (Wildman–Crippen LogP) is 2.86. The first-order valence-corrected chi connectivity index (χ1v) is 6.28. The van der Waals surface area contributed by atoms with E-state index in [0.717, 1.165) is 11.1 Å². The van der Waals surface area contributed by atoms with Crippen molar-refractivity contribution in [2.75, 3.05) is 4.90 Å². The van der Waals surface area contributed by atoms with Crippen LogP contribution in [0.2, 0.25) is 0 Å². The van der Waals surface area contributed by atoms with Crippen molar-refractivity contribution >= 4 is 17.4 Å². The van der Waals surface area contributed by atoms with E-state index >= 15 is 0 Å². The minimum absolute atomic E-state index is 0.0870. The maximum Gasteiger partial charge on any atom is 0.299 e. The molecule has 0 atom stereocenters. The monoisotopic (exact) mass is 269 g/mol. The highest BCUT2D eigenvalue weighted by Gasteiger charge is 2.37. The number of hydrogen-bond acceptors (Lipinski definition) is 2. The van der Waals surface area contributed by atoms with Gasteiger partial charge in [0.2, 0.25) is 0 Å². The smallest absolute Gasteiger partial charge is 0.298 e. The van der Waals surface area contributed by atoms with E-state index in [0.29, 0.717) is 0 Å². The van der Waals surface area contributed by atoms with Gasteiger partial charge in [-0.05, 0) is 24.6 Å². The molecule has 1 aliphatic rings. The lowest BCUT2D eigenvalue weighted by atomic mass is 10.1. The second-order valence-corrected chi connectivity index (χ2v) is 4.85. The number of anilines is 1. The molecule has 3 rings (SSSR count). The van der Waals surface area contributed by atoms with Crippen LogP contribution in [0.25, 0.3) is 0 Å². The number of ketones is 1. The number of benzene rings is 2. The maximum absolute atomic E-state index is 13.9. The molecule has 1 heterocycles. The summed E-state index contributed by atoms with van der Waals surface area (Å²) in [6, 6.07) is 11.8. The van der Waals surface area contributed by atoms with Crippen molar-refractivity contribution in [2.45, 2.75) is 13.5 Å². The van der Waals surface area contributed by atoms with Gasteiger partial charge in [0.05, 0.1) is 17.8 Å². The van der Waals surface area contributed by atoms with E-state index in [4.69, 9.17) is 0 Å². The van der Waals surface area contributed by atoms with Gasteiger partial charge in [0, 0.05) is 0 Å². The molecule has 0 radical (unpaired) electrons. The first-order valence-electron chi connectivity index (χ1n) is 6.28. The van der Waals surface area contributed by atoms with Crippen LogP contribution in [0.1, 0.15) is 21.5 Å². The Morgan fingerprint density at radius 3 is 2.60 bits per heavy atom. The third-order valence-electron chi connectivity index (χ3n) is 3.36. The van der Waals surface area contributed by atoms with Crippen LogP contribution in [0, 0.1) is 12.7 Å². The Balaban J connectivity index is 2.03. The first-order chi connectivity index (χ1) is 9.58. The zero-order chi connectivity index (χ0) is 14.3. The summed E-state index contributed by atoms with van der Waals surface area (Å²) >= 11 is 0. The lowest BCUT2D eigenvalue weighted by Gasteiger charge is -2.17. The minimum Gasteiger partial charge on any atom is -0.298 e. The Hall–Kier alpha value is -2.49. The van der Waals surface area contributed by atoms with Gasteiger partial charge in [-0.1, -0.05) is 35.9 Å². The molecule has 3 nitrogen and oxygen atoms in total.